The molecular formula is C18H15FN2O2. The summed E-state index contributed by atoms with van der Waals surface area (Å²) < 4.78 is 14.4. The molecule has 2 aromatic rings. The predicted octanol–water partition coefficient (Wildman–Crippen LogP) is 4.56. The van der Waals surface area contributed by atoms with Gasteiger partial charge >= 0.3 is 0 Å². The lowest BCUT2D eigenvalue weighted by Gasteiger charge is -2.37. The quantitative estimate of drug-likeness (QED) is 0.502. The Balaban J connectivity index is 1.89. The number of nitro benzene ring substituents is 1. The summed E-state index contributed by atoms with van der Waals surface area (Å²) in [6, 6.07) is 12.2. The van der Waals surface area contributed by atoms with Gasteiger partial charge in [-0.3, -0.25) is 10.1 Å². The fourth-order valence-corrected chi connectivity index (χ4v) is 3.80. The molecule has 0 bridgehead atoms. The summed E-state index contributed by atoms with van der Waals surface area (Å²) in [5.41, 5.74) is 1.80. The second-order valence-corrected chi connectivity index (χ2v) is 6.00. The highest BCUT2D eigenvalue weighted by molar-refractivity contribution is 5.67. The smallest absolute Gasteiger partial charge is 0.275 e. The minimum atomic E-state index is -0.440. The standard InChI is InChI=1S/C18H15FN2O2/c19-14-9-10-15(21(22)23)16-12-7-4-8-13(12)17(20-18(14)16)11-5-2-1-3-6-11/h1-7,9-10,12-13,17,20H,8H2. The fraction of sp³-hybridized carbons (Fsp3) is 0.222. The van der Waals surface area contributed by atoms with Gasteiger partial charge in [0.05, 0.1) is 22.2 Å². The van der Waals surface area contributed by atoms with Gasteiger partial charge in [0.2, 0.25) is 0 Å². The van der Waals surface area contributed by atoms with Crippen molar-refractivity contribution in [3.63, 3.8) is 0 Å². The first-order valence-corrected chi connectivity index (χ1v) is 7.61. The number of rotatable bonds is 2. The van der Waals surface area contributed by atoms with Crippen LogP contribution in [0.2, 0.25) is 0 Å². The number of allylic oxidation sites excluding steroid dienone is 2. The Bertz CT molecular complexity index is 804. The van der Waals surface area contributed by atoms with Gasteiger partial charge in [-0.05, 0) is 24.0 Å². The summed E-state index contributed by atoms with van der Waals surface area (Å²) in [7, 11) is 0. The Hall–Kier alpha value is -2.69. The molecule has 4 nitrogen and oxygen atoms in total. The van der Waals surface area contributed by atoms with Crippen LogP contribution < -0.4 is 5.32 Å². The molecule has 0 radical (unpaired) electrons. The molecule has 1 aliphatic heterocycles. The molecule has 0 spiro atoms. The third-order valence-corrected chi connectivity index (χ3v) is 4.80. The van der Waals surface area contributed by atoms with Crippen molar-refractivity contribution in [2.45, 2.75) is 18.4 Å². The number of halogens is 1. The van der Waals surface area contributed by atoms with Crippen molar-refractivity contribution in [1.29, 1.82) is 0 Å². The highest BCUT2D eigenvalue weighted by atomic mass is 19.1. The first-order valence-electron chi connectivity index (χ1n) is 7.61. The van der Waals surface area contributed by atoms with Crippen LogP contribution in [0.15, 0.2) is 54.6 Å². The molecule has 4 rings (SSSR count). The summed E-state index contributed by atoms with van der Waals surface area (Å²) >= 11 is 0. The third-order valence-electron chi connectivity index (χ3n) is 4.80. The molecule has 1 N–H and O–H groups in total. The molecule has 1 heterocycles. The molecule has 0 aromatic heterocycles. The molecule has 3 unspecified atom stereocenters. The summed E-state index contributed by atoms with van der Waals surface area (Å²) in [6.07, 6.45) is 4.84. The van der Waals surface area contributed by atoms with Gasteiger partial charge < -0.3 is 5.32 Å². The van der Waals surface area contributed by atoms with Gasteiger partial charge in [-0.25, -0.2) is 4.39 Å². The maximum Gasteiger partial charge on any atom is 0.275 e. The maximum atomic E-state index is 14.4. The fourth-order valence-electron chi connectivity index (χ4n) is 3.80. The molecule has 23 heavy (non-hydrogen) atoms. The van der Waals surface area contributed by atoms with E-state index in [0.717, 1.165) is 12.0 Å². The lowest BCUT2D eigenvalue weighted by Crippen LogP contribution is -2.30. The number of anilines is 1. The van der Waals surface area contributed by atoms with Crippen molar-refractivity contribution >= 4 is 11.4 Å². The zero-order valence-electron chi connectivity index (χ0n) is 12.3. The van der Waals surface area contributed by atoms with Crippen LogP contribution in [0.5, 0.6) is 0 Å². The van der Waals surface area contributed by atoms with Gasteiger partial charge in [-0.2, -0.15) is 0 Å². The van der Waals surface area contributed by atoms with Gasteiger partial charge in [0, 0.05) is 12.0 Å². The van der Waals surface area contributed by atoms with Crippen LogP contribution in [0.25, 0.3) is 0 Å². The van der Waals surface area contributed by atoms with Crippen molar-refractivity contribution < 1.29 is 9.31 Å². The van der Waals surface area contributed by atoms with E-state index in [-0.39, 0.29) is 29.3 Å². The van der Waals surface area contributed by atoms with E-state index >= 15 is 0 Å². The van der Waals surface area contributed by atoms with E-state index in [1.165, 1.54) is 12.1 Å². The molecule has 3 atom stereocenters. The van der Waals surface area contributed by atoms with Gasteiger partial charge in [0.25, 0.3) is 5.69 Å². The van der Waals surface area contributed by atoms with E-state index in [1.807, 2.05) is 42.5 Å². The molecular weight excluding hydrogens is 295 g/mol. The van der Waals surface area contributed by atoms with Gasteiger partial charge in [-0.1, -0.05) is 42.5 Å². The highest BCUT2D eigenvalue weighted by Gasteiger charge is 2.42. The third kappa shape index (κ3) is 2.11. The van der Waals surface area contributed by atoms with Crippen molar-refractivity contribution in [3.05, 3.63) is 81.7 Å². The number of nitro groups is 1. The monoisotopic (exact) mass is 310 g/mol. The lowest BCUT2D eigenvalue weighted by molar-refractivity contribution is -0.385. The predicted molar refractivity (Wildman–Crippen MR) is 85.8 cm³/mol. The van der Waals surface area contributed by atoms with Crippen LogP contribution in [0.1, 0.15) is 29.5 Å². The van der Waals surface area contributed by atoms with Crippen molar-refractivity contribution in [2.24, 2.45) is 5.92 Å². The molecule has 5 heteroatoms. The molecule has 0 saturated carbocycles. The molecule has 0 amide bonds. The SMILES string of the molecule is O=[N+]([O-])c1ccc(F)c2c1C1C=CCC1C(c1ccccc1)N2. The summed E-state index contributed by atoms with van der Waals surface area (Å²) in [6.45, 7) is 0. The largest absolute Gasteiger partial charge is 0.375 e. The number of hydrogen-bond acceptors (Lipinski definition) is 3. The van der Waals surface area contributed by atoms with Gasteiger partial charge in [0.15, 0.2) is 0 Å². The van der Waals surface area contributed by atoms with Crippen LogP contribution >= 0.6 is 0 Å². The zero-order valence-corrected chi connectivity index (χ0v) is 12.3. The molecule has 0 fully saturated rings. The van der Waals surface area contributed by atoms with E-state index in [0.29, 0.717) is 5.56 Å². The van der Waals surface area contributed by atoms with Crippen LogP contribution in [0.3, 0.4) is 0 Å². The number of benzene rings is 2. The summed E-state index contributed by atoms with van der Waals surface area (Å²) in [4.78, 5) is 10.9. The molecule has 2 aliphatic rings. The number of hydrogen-bond donors (Lipinski definition) is 1. The summed E-state index contributed by atoms with van der Waals surface area (Å²) in [5.74, 6) is -0.414. The number of fused-ring (bicyclic) bond motifs is 3. The first kappa shape index (κ1) is 13.9. The van der Waals surface area contributed by atoms with E-state index in [2.05, 4.69) is 5.32 Å². The summed E-state index contributed by atoms with van der Waals surface area (Å²) in [5, 5.41) is 14.6. The maximum absolute atomic E-state index is 14.4. The van der Waals surface area contributed by atoms with Crippen LogP contribution in [0.4, 0.5) is 15.8 Å². The topological polar surface area (TPSA) is 55.2 Å². The Morgan fingerprint density at radius 1 is 1.17 bits per heavy atom. The minimum Gasteiger partial charge on any atom is -0.375 e. The first-order chi connectivity index (χ1) is 11.2. The van der Waals surface area contributed by atoms with Gasteiger partial charge in [-0.15, -0.1) is 0 Å². The van der Waals surface area contributed by atoms with Crippen LogP contribution in [-0.4, -0.2) is 4.92 Å². The van der Waals surface area contributed by atoms with E-state index < -0.39 is 10.7 Å². The Morgan fingerprint density at radius 3 is 2.70 bits per heavy atom. The molecule has 116 valence electrons. The normalized spacial score (nSPS) is 24.7. The van der Waals surface area contributed by atoms with Crippen molar-refractivity contribution in [2.75, 3.05) is 5.32 Å². The van der Waals surface area contributed by atoms with E-state index in [9.17, 15) is 14.5 Å². The average molecular weight is 310 g/mol. The Labute approximate surface area is 132 Å². The minimum absolute atomic E-state index is 0.0121. The average Bonchev–Trinajstić information content (AvgIpc) is 3.05. The molecule has 2 aromatic carbocycles. The van der Waals surface area contributed by atoms with Crippen molar-refractivity contribution in [1.82, 2.24) is 0 Å². The van der Waals surface area contributed by atoms with Crippen molar-refractivity contribution in [3.8, 4) is 0 Å². The Morgan fingerprint density at radius 2 is 1.96 bits per heavy atom. The van der Waals surface area contributed by atoms with Crippen LogP contribution in [0, 0.1) is 21.8 Å². The second kappa shape index (κ2) is 5.19. The highest BCUT2D eigenvalue weighted by Crippen LogP contribution is 2.52. The van der Waals surface area contributed by atoms with Crippen LogP contribution in [-0.2, 0) is 0 Å². The molecule has 1 aliphatic carbocycles. The number of nitrogens with one attached hydrogen (secondary N) is 1. The Kier molecular flexibility index (Phi) is 3.15. The van der Waals surface area contributed by atoms with E-state index in [1.54, 1.807) is 0 Å². The molecule has 0 saturated heterocycles. The number of nitrogens with zero attached hydrogens (tertiary/aromatic N) is 1. The second-order valence-electron chi connectivity index (χ2n) is 6.00. The zero-order chi connectivity index (χ0) is 16.0. The van der Waals surface area contributed by atoms with E-state index in [4.69, 9.17) is 0 Å². The lowest BCUT2D eigenvalue weighted by atomic mass is 9.76. The van der Waals surface area contributed by atoms with Gasteiger partial charge in [0.1, 0.15) is 5.82 Å².